The number of nitrogens with one attached hydrogen (secondary N) is 1. The smallest absolute Gasteiger partial charge is 0.264 e. The lowest BCUT2D eigenvalue weighted by atomic mass is 10.2. The molecule has 0 radical (unpaired) electrons. The summed E-state index contributed by atoms with van der Waals surface area (Å²) < 4.78 is 33.3. The number of aryl methyl sites for hydroxylation is 1. The maximum Gasteiger partial charge on any atom is 0.264 e. The van der Waals surface area contributed by atoms with E-state index in [-0.39, 0.29) is 24.1 Å². The molecule has 3 aromatic rings. The van der Waals surface area contributed by atoms with Gasteiger partial charge in [-0.05, 0) is 62.4 Å². The molecule has 1 unspecified atom stereocenters. The molecular weight excluding hydrogens is 448 g/mol. The second kappa shape index (κ2) is 10.5. The van der Waals surface area contributed by atoms with Crippen LogP contribution in [0.3, 0.4) is 0 Å². The summed E-state index contributed by atoms with van der Waals surface area (Å²) in [5, 5.41) is 3.27. The summed E-state index contributed by atoms with van der Waals surface area (Å²) in [5.41, 5.74) is 1.47. The number of carbonyl (C=O) groups excluding carboxylic acids is 1. The number of hydrogen-bond donors (Lipinski definition) is 1. The van der Waals surface area contributed by atoms with Gasteiger partial charge in [0.25, 0.3) is 10.0 Å². The number of halogens is 1. The van der Waals surface area contributed by atoms with Crippen LogP contribution in [-0.4, -0.2) is 33.5 Å². The van der Waals surface area contributed by atoms with Gasteiger partial charge in [0.2, 0.25) is 5.91 Å². The zero-order valence-electron chi connectivity index (χ0n) is 17.9. The molecule has 0 aliphatic rings. The van der Waals surface area contributed by atoms with E-state index in [1.54, 1.807) is 49.4 Å². The second-order valence-electron chi connectivity index (χ2n) is 7.39. The predicted octanol–water partition coefficient (Wildman–Crippen LogP) is 4.43. The van der Waals surface area contributed by atoms with E-state index in [4.69, 9.17) is 16.3 Å². The van der Waals surface area contributed by atoms with E-state index in [2.05, 4.69) is 5.32 Å². The van der Waals surface area contributed by atoms with Crippen LogP contribution < -0.4 is 14.4 Å². The Morgan fingerprint density at radius 1 is 1.00 bits per heavy atom. The Morgan fingerprint density at radius 3 is 2.25 bits per heavy atom. The van der Waals surface area contributed by atoms with E-state index in [0.29, 0.717) is 16.5 Å². The molecule has 32 heavy (non-hydrogen) atoms. The molecule has 3 rings (SSSR count). The number of anilines is 1. The lowest BCUT2D eigenvalue weighted by molar-refractivity contribution is -0.120. The van der Waals surface area contributed by atoms with Gasteiger partial charge in [-0.25, -0.2) is 8.42 Å². The predicted molar refractivity (Wildman–Crippen MR) is 127 cm³/mol. The fourth-order valence-electron chi connectivity index (χ4n) is 2.99. The van der Waals surface area contributed by atoms with Crippen LogP contribution in [0.5, 0.6) is 5.75 Å². The molecular formula is C24H25ClN2O4S. The molecule has 168 valence electrons. The van der Waals surface area contributed by atoms with E-state index in [0.717, 1.165) is 9.87 Å². The number of hydrogen-bond acceptors (Lipinski definition) is 4. The molecule has 0 aliphatic heterocycles. The Hall–Kier alpha value is -3.03. The van der Waals surface area contributed by atoms with Crippen molar-refractivity contribution in [2.24, 2.45) is 0 Å². The molecule has 1 atom stereocenters. The Morgan fingerprint density at radius 2 is 1.62 bits per heavy atom. The summed E-state index contributed by atoms with van der Waals surface area (Å²) in [6.45, 7) is 3.65. The van der Waals surface area contributed by atoms with E-state index in [1.165, 1.54) is 12.1 Å². The van der Waals surface area contributed by atoms with Gasteiger partial charge in [-0.3, -0.25) is 9.10 Å². The lowest BCUT2D eigenvalue weighted by Gasteiger charge is -2.25. The highest BCUT2D eigenvalue weighted by Crippen LogP contribution is 2.25. The first-order chi connectivity index (χ1) is 15.3. The van der Waals surface area contributed by atoms with Crippen molar-refractivity contribution in [1.82, 2.24) is 5.32 Å². The van der Waals surface area contributed by atoms with Crippen molar-refractivity contribution in [3.05, 3.63) is 89.4 Å². The SMILES string of the molecule is Cc1ccc(OCC(C)NC(=O)CN(c2ccc(Cl)cc2)S(=O)(=O)c2ccccc2)cc1. The summed E-state index contributed by atoms with van der Waals surface area (Å²) in [5.74, 6) is 0.255. The van der Waals surface area contributed by atoms with E-state index < -0.39 is 15.9 Å². The number of benzene rings is 3. The van der Waals surface area contributed by atoms with Crippen molar-refractivity contribution in [3.63, 3.8) is 0 Å². The third kappa shape index (κ3) is 6.24. The Bertz CT molecular complexity index is 1130. The summed E-state index contributed by atoms with van der Waals surface area (Å²) in [7, 11) is -3.96. The Kier molecular flexibility index (Phi) is 7.77. The summed E-state index contributed by atoms with van der Waals surface area (Å²) in [4.78, 5) is 12.8. The normalized spacial score (nSPS) is 12.1. The first kappa shape index (κ1) is 23.6. The molecule has 0 spiro atoms. The van der Waals surface area contributed by atoms with Crippen LogP contribution in [0.15, 0.2) is 83.8 Å². The second-order valence-corrected chi connectivity index (χ2v) is 9.69. The van der Waals surface area contributed by atoms with Gasteiger partial charge < -0.3 is 10.1 Å². The van der Waals surface area contributed by atoms with Gasteiger partial charge in [0.05, 0.1) is 16.6 Å². The van der Waals surface area contributed by atoms with Crippen LogP contribution in [0.1, 0.15) is 12.5 Å². The van der Waals surface area contributed by atoms with Crippen molar-refractivity contribution in [3.8, 4) is 5.75 Å². The molecule has 0 bridgehead atoms. The molecule has 8 heteroatoms. The summed E-state index contributed by atoms with van der Waals surface area (Å²) in [6, 6.07) is 21.6. The van der Waals surface area contributed by atoms with Crippen LogP contribution in [0.4, 0.5) is 5.69 Å². The first-order valence-electron chi connectivity index (χ1n) is 10.1. The molecule has 0 aromatic heterocycles. The largest absolute Gasteiger partial charge is 0.491 e. The van der Waals surface area contributed by atoms with Crippen LogP contribution >= 0.6 is 11.6 Å². The van der Waals surface area contributed by atoms with Gasteiger partial charge in [0.15, 0.2) is 0 Å². The Labute approximate surface area is 193 Å². The molecule has 0 heterocycles. The maximum absolute atomic E-state index is 13.3. The number of nitrogens with zero attached hydrogens (tertiary/aromatic N) is 1. The molecule has 0 aliphatic carbocycles. The van der Waals surface area contributed by atoms with Crippen molar-refractivity contribution in [2.45, 2.75) is 24.8 Å². The van der Waals surface area contributed by atoms with Gasteiger partial charge in [-0.1, -0.05) is 47.5 Å². The molecule has 0 saturated heterocycles. The third-order valence-corrected chi connectivity index (χ3v) is 6.70. The minimum atomic E-state index is -3.96. The fraction of sp³-hybridized carbons (Fsp3) is 0.208. The van der Waals surface area contributed by atoms with Crippen LogP contribution in [0.25, 0.3) is 0 Å². The quantitative estimate of drug-likeness (QED) is 0.500. The Balaban J connectivity index is 1.72. The number of carbonyl (C=O) groups is 1. The minimum Gasteiger partial charge on any atom is -0.491 e. The van der Waals surface area contributed by atoms with Gasteiger partial charge in [0.1, 0.15) is 18.9 Å². The highest BCUT2D eigenvalue weighted by Gasteiger charge is 2.27. The zero-order chi connectivity index (χ0) is 23.1. The number of rotatable bonds is 9. The fourth-order valence-corrected chi connectivity index (χ4v) is 4.56. The zero-order valence-corrected chi connectivity index (χ0v) is 19.4. The third-order valence-electron chi connectivity index (χ3n) is 4.66. The number of sulfonamides is 1. The van der Waals surface area contributed by atoms with Crippen molar-refractivity contribution < 1.29 is 17.9 Å². The van der Waals surface area contributed by atoms with Gasteiger partial charge in [-0.15, -0.1) is 0 Å². The van der Waals surface area contributed by atoms with Crippen molar-refractivity contribution >= 4 is 33.2 Å². The summed E-state index contributed by atoms with van der Waals surface area (Å²) in [6.07, 6.45) is 0. The topological polar surface area (TPSA) is 75.7 Å². The molecule has 0 saturated carbocycles. The van der Waals surface area contributed by atoms with Crippen molar-refractivity contribution in [2.75, 3.05) is 17.5 Å². The average Bonchev–Trinajstić information content (AvgIpc) is 2.78. The molecule has 3 aromatic carbocycles. The summed E-state index contributed by atoms with van der Waals surface area (Å²) >= 11 is 5.95. The highest BCUT2D eigenvalue weighted by atomic mass is 35.5. The van der Waals surface area contributed by atoms with E-state index in [1.807, 2.05) is 31.2 Å². The maximum atomic E-state index is 13.3. The minimum absolute atomic E-state index is 0.0958. The van der Waals surface area contributed by atoms with Gasteiger partial charge in [0, 0.05) is 5.02 Å². The first-order valence-corrected chi connectivity index (χ1v) is 11.9. The van der Waals surface area contributed by atoms with Crippen LogP contribution in [0.2, 0.25) is 5.02 Å². The molecule has 6 nitrogen and oxygen atoms in total. The molecule has 1 N–H and O–H groups in total. The van der Waals surface area contributed by atoms with Crippen LogP contribution in [-0.2, 0) is 14.8 Å². The van der Waals surface area contributed by atoms with Crippen LogP contribution in [0, 0.1) is 6.92 Å². The standard InChI is InChI=1S/C24H25ClN2O4S/c1-18-8-14-22(15-9-18)31-17-19(2)26-24(28)16-27(21-12-10-20(25)11-13-21)32(29,30)23-6-4-3-5-7-23/h3-15,19H,16-17H2,1-2H3,(H,26,28). The lowest BCUT2D eigenvalue weighted by Crippen LogP contribution is -2.45. The highest BCUT2D eigenvalue weighted by molar-refractivity contribution is 7.92. The van der Waals surface area contributed by atoms with E-state index in [9.17, 15) is 13.2 Å². The average molecular weight is 473 g/mol. The molecule has 1 amide bonds. The molecule has 0 fully saturated rings. The van der Waals surface area contributed by atoms with Gasteiger partial charge >= 0.3 is 0 Å². The van der Waals surface area contributed by atoms with Gasteiger partial charge in [-0.2, -0.15) is 0 Å². The van der Waals surface area contributed by atoms with Crippen molar-refractivity contribution in [1.29, 1.82) is 0 Å². The van der Waals surface area contributed by atoms with E-state index >= 15 is 0 Å². The monoisotopic (exact) mass is 472 g/mol. The number of amides is 1. The number of ether oxygens (including phenoxy) is 1.